The Labute approximate surface area is 152 Å². The standard InChI is InChI=1S/C22H44O2/c1-4-5-6-7-8-9-10-11-12-13-14-17-20-24-22(23)19-16-15-18-21(2)3/h21H,4-20H2,1-3H3. The normalized spacial score (nSPS) is 11.2. The van der Waals surface area contributed by atoms with Gasteiger partial charge in [-0.05, 0) is 18.8 Å². The van der Waals surface area contributed by atoms with Crippen molar-refractivity contribution in [1.82, 2.24) is 0 Å². The summed E-state index contributed by atoms with van der Waals surface area (Å²) < 4.78 is 5.30. The SMILES string of the molecule is CCCCCCCCCCCCCCOC(=O)CCCCC(C)C. The predicted octanol–water partition coefficient (Wildman–Crippen LogP) is 7.45. The molecule has 0 aromatic carbocycles. The number of hydrogen-bond donors (Lipinski definition) is 0. The van der Waals surface area contributed by atoms with E-state index in [1.807, 2.05) is 0 Å². The highest BCUT2D eigenvalue weighted by Gasteiger charge is 2.03. The molecule has 0 aromatic heterocycles. The zero-order chi connectivity index (χ0) is 17.9. The lowest BCUT2D eigenvalue weighted by Gasteiger charge is -2.06. The van der Waals surface area contributed by atoms with Crippen molar-refractivity contribution in [2.45, 2.75) is 124 Å². The van der Waals surface area contributed by atoms with Crippen LogP contribution in [0.4, 0.5) is 0 Å². The van der Waals surface area contributed by atoms with Gasteiger partial charge in [0.2, 0.25) is 0 Å². The molecule has 0 N–H and O–H groups in total. The lowest BCUT2D eigenvalue weighted by atomic mass is 10.1. The molecule has 0 atom stereocenters. The van der Waals surface area contributed by atoms with E-state index in [0.29, 0.717) is 13.0 Å². The van der Waals surface area contributed by atoms with E-state index in [0.717, 1.165) is 25.2 Å². The highest BCUT2D eigenvalue weighted by molar-refractivity contribution is 5.69. The fourth-order valence-electron chi connectivity index (χ4n) is 3.02. The van der Waals surface area contributed by atoms with Gasteiger partial charge in [0.05, 0.1) is 6.61 Å². The van der Waals surface area contributed by atoms with Gasteiger partial charge in [0.1, 0.15) is 0 Å². The first kappa shape index (κ1) is 23.5. The maximum Gasteiger partial charge on any atom is 0.305 e. The summed E-state index contributed by atoms with van der Waals surface area (Å²) in [4.78, 5) is 11.6. The summed E-state index contributed by atoms with van der Waals surface area (Å²) in [6, 6.07) is 0. The van der Waals surface area contributed by atoms with Gasteiger partial charge >= 0.3 is 5.97 Å². The molecule has 144 valence electrons. The molecule has 0 fully saturated rings. The Kier molecular flexibility index (Phi) is 18.4. The van der Waals surface area contributed by atoms with E-state index in [1.54, 1.807) is 0 Å². The number of ether oxygens (including phenoxy) is 1. The van der Waals surface area contributed by atoms with Gasteiger partial charge in [-0.3, -0.25) is 4.79 Å². The quantitative estimate of drug-likeness (QED) is 0.191. The van der Waals surface area contributed by atoms with Crippen LogP contribution in [0.3, 0.4) is 0 Å². The molecule has 0 rings (SSSR count). The van der Waals surface area contributed by atoms with Gasteiger partial charge in [-0.2, -0.15) is 0 Å². The molecule has 0 radical (unpaired) electrons. The summed E-state index contributed by atoms with van der Waals surface area (Å²) >= 11 is 0. The summed E-state index contributed by atoms with van der Waals surface area (Å²) in [5, 5.41) is 0. The van der Waals surface area contributed by atoms with Crippen molar-refractivity contribution in [1.29, 1.82) is 0 Å². The van der Waals surface area contributed by atoms with E-state index in [-0.39, 0.29) is 5.97 Å². The second kappa shape index (κ2) is 18.8. The Morgan fingerprint density at radius 3 is 1.71 bits per heavy atom. The van der Waals surface area contributed by atoms with Crippen LogP contribution >= 0.6 is 0 Å². The molecule has 0 saturated heterocycles. The first-order valence-electron chi connectivity index (χ1n) is 10.8. The highest BCUT2D eigenvalue weighted by atomic mass is 16.5. The van der Waals surface area contributed by atoms with E-state index in [1.165, 1.54) is 77.0 Å². The van der Waals surface area contributed by atoms with Crippen LogP contribution in [-0.2, 0) is 9.53 Å². The number of unbranched alkanes of at least 4 members (excludes halogenated alkanes) is 12. The molecule has 0 spiro atoms. The third-order valence-corrected chi connectivity index (χ3v) is 4.67. The number of carbonyl (C=O) groups excluding carboxylic acids is 1. The van der Waals surface area contributed by atoms with E-state index < -0.39 is 0 Å². The molecule has 0 saturated carbocycles. The van der Waals surface area contributed by atoms with Crippen molar-refractivity contribution in [3.63, 3.8) is 0 Å². The van der Waals surface area contributed by atoms with Crippen molar-refractivity contribution in [3.05, 3.63) is 0 Å². The van der Waals surface area contributed by atoms with Gasteiger partial charge in [0.15, 0.2) is 0 Å². The van der Waals surface area contributed by atoms with E-state index >= 15 is 0 Å². The molecule has 0 aromatic rings. The summed E-state index contributed by atoms with van der Waals surface area (Å²) in [6.45, 7) is 7.35. The second-order valence-electron chi connectivity index (χ2n) is 7.75. The molecule has 2 nitrogen and oxygen atoms in total. The third kappa shape index (κ3) is 19.5. The zero-order valence-corrected chi connectivity index (χ0v) is 16.9. The third-order valence-electron chi connectivity index (χ3n) is 4.67. The smallest absolute Gasteiger partial charge is 0.305 e. The predicted molar refractivity (Wildman–Crippen MR) is 105 cm³/mol. The van der Waals surface area contributed by atoms with Crippen LogP contribution in [0.5, 0.6) is 0 Å². The number of rotatable bonds is 18. The van der Waals surface area contributed by atoms with Gasteiger partial charge < -0.3 is 4.74 Å². The highest BCUT2D eigenvalue weighted by Crippen LogP contribution is 2.12. The van der Waals surface area contributed by atoms with Crippen LogP contribution < -0.4 is 0 Å². The number of hydrogen-bond acceptors (Lipinski definition) is 2. The minimum atomic E-state index is 0.00169. The van der Waals surface area contributed by atoms with Gasteiger partial charge in [-0.25, -0.2) is 0 Å². The molecule has 0 aliphatic carbocycles. The monoisotopic (exact) mass is 340 g/mol. The van der Waals surface area contributed by atoms with Gasteiger partial charge in [0, 0.05) is 6.42 Å². The molecule has 0 heterocycles. The largest absolute Gasteiger partial charge is 0.466 e. The van der Waals surface area contributed by atoms with Crippen molar-refractivity contribution < 1.29 is 9.53 Å². The molecular formula is C22H44O2. The fraction of sp³-hybridized carbons (Fsp3) is 0.955. The second-order valence-corrected chi connectivity index (χ2v) is 7.75. The van der Waals surface area contributed by atoms with E-state index in [9.17, 15) is 4.79 Å². The molecule has 0 aliphatic heterocycles. The van der Waals surface area contributed by atoms with E-state index in [4.69, 9.17) is 4.74 Å². The Morgan fingerprint density at radius 1 is 0.708 bits per heavy atom. The summed E-state index contributed by atoms with van der Waals surface area (Å²) in [7, 11) is 0. The molecule has 0 unspecified atom stereocenters. The zero-order valence-electron chi connectivity index (χ0n) is 16.9. The fourth-order valence-corrected chi connectivity index (χ4v) is 3.02. The Morgan fingerprint density at radius 2 is 1.21 bits per heavy atom. The topological polar surface area (TPSA) is 26.3 Å². The number of esters is 1. The Balaban J connectivity index is 3.12. The van der Waals surface area contributed by atoms with Crippen LogP contribution in [0.25, 0.3) is 0 Å². The minimum Gasteiger partial charge on any atom is -0.466 e. The summed E-state index contributed by atoms with van der Waals surface area (Å²) in [5.41, 5.74) is 0. The van der Waals surface area contributed by atoms with Crippen LogP contribution in [0.2, 0.25) is 0 Å². The first-order valence-corrected chi connectivity index (χ1v) is 10.8. The van der Waals surface area contributed by atoms with Crippen molar-refractivity contribution in [2.24, 2.45) is 5.92 Å². The molecule has 24 heavy (non-hydrogen) atoms. The maximum absolute atomic E-state index is 11.6. The average Bonchev–Trinajstić information content (AvgIpc) is 2.55. The first-order chi connectivity index (χ1) is 11.7. The van der Waals surface area contributed by atoms with E-state index in [2.05, 4.69) is 20.8 Å². The molecule has 0 aliphatic rings. The Bertz CT molecular complexity index is 261. The van der Waals surface area contributed by atoms with Crippen LogP contribution in [0.1, 0.15) is 124 Å². The van der Waals surface area contributed by atoms with Crippen LogP contribution in [0, 0.1) is 5.92 Å². The van der Waals surface area contributed by atoms with Crippen molar-refractivity contribution in [3.8, 4) is 0 Å². The summed E-state index contributed by atoms with van der Waals surface area (Å²) in [5.74, 6) is 0.740. The van der Waals surface area contributed by atoms with Crippen LogP contribution in [0.15, 0.2) is 0 Å². The lowest BCUT2D eigenvalue weighted by Crippen LogP contribution is -2.05. The summed E-state index contributed by atoms with van der Waals surface area (Å²) in [6.07, 6.45) is 20.0. The van der Waals surface area contributed by atoms with Gasteiger partial charge in [-0.15, -0.1) is 0 Å². The van der Waals surface area contributed by atoms with Crippen LogP contribution in [-0.4, -0.2) is 12.6 Å². The number of carbonyl (C=O) groups is 1. The Hall–Kier alpha value is -0.530. The lowest BCUT2D eigenvalue weighted by molar-refractivity contribution is -0.143. The molecule has 0 amide bonds. The average molecular weight is 341 g/mol. The molecule has 2 heteroatoms. The maximum atomic E-state index is 11.6. The van der Waals surface area contributed by atoms with Crippen molar-refractivity contribution in [2.75, 3.05) is 6.61 Å². The van der Waals surface area contributed by atoms with Gasteiger partial charge in [0.25, 0.3) is 0 Å². The molecule has 0 bridgehead atoms. The minimum absolute atomic E-state index is 0.00169. The van der Waals surface area contributed by atoms with Gasteiger partial charge in [-0.1, -0.05) is 104 Å². The van der Waals surface area contributed by atoms with Crippen molar-refractivity contribution >= 4 is 5.97 Å². The molecular weight excluding hydrogens is 296 g/mol.